The van der Waals surface area contributed by atoms with Crippen molar-refractivity contribution in [2.75, 3.05) is 33.1 Å². The van der Waals surface area contributed by atoms with Crippen molar-refractivity contribution < 1.29 is 4.74 Å². The quantitative estimate of drug-likeness (QED) is 0.453. The number of benzene rings is 1. The zero-order valence-electron chi connectivity index (χ0n) is 10.4. The minimum absolute atomic E-state index is 0.364. The molecular weight excluding hydrogens is 234 g/mol. The second-order valence-corrected chi connectivity index (χ2v) is 4.23. The molecule has 1 aromatic rings. The Morgan fingerprint density at radius 2 is 1.94 bits per heavy atom. The third-order valence-corrected chi connectivity index (χ3v) is 2.31. The van der Waals surface area contributed by atoms with Crippen LogP contribution in [0.4, 0.5) is 0 Å². The van der Waals surface area contributed by atoms with Crippen LogP contribution in [0.25, 0.3) is 0 Å². The van der Waals surface area contributed by atoms with Gasteiger partial charge in [-0.3, -0.25) is 0 Å². The second-order valence-electron chi connectivity index (χ2n) is 3.97. The Balaban J connectivity index is 2.35. The number of ether oxygens (including phenoxy) is 1. The van der Waals surface area contributed by atoms with Crippen molar-refractivity contribution in [2.24, 2.45) is 0 Å². The van der Waals surface area contributed by atoms with Crippen LogP contribution in [0.5, 0.6) is 5.75 Å². The molecule has 2 nitrogen and oxygen atoms in total. The Morgan fingerprint density at radius 3 is 2.53 bits per heavy atom. The maximum Gasteiger partial charge on any atom is 0.119 e. The van der Waals surface area contributed by atoms with E-state index in [1.807, 2.05) is 24.3 Å². The first-order chi connectivity index (χ1) is 8.22. The van der Waals surface area contributed by atoms with E-state index in [-0.39, 0.29) is 0 Å². The van der Waals surface area contributed by atoms with Gasteiger partial charge in [0.2, 0.25) is 0 Å². The zero-order valence-corrected chi connectivity index (χ0v) is 11.1. The van der Waals surface area contributed by atoms with Crippen molar-refractivity contribution in [3.63, 3.8) is 0 Å². The zero-order chi connectivity index (χ0) is 12.5. The van der Waals surface area contributed by atoms with Crippen LogP contribution in [0.15, 0.2) is 24.3 Å². The van der Waals surface area contributed by atoms with Gasteiger partial charge in [-0.1, -0.05) is 11.8 Å². The van der Waals surface area contributed by atoms with Crippen LogP contribution in [0.2, 0.25) is 0 Å². The van der Waals surface area contributed by atoms with Gasteiger partial charge >= 0.3 is 0 Å². The molecule has 3 heteroatoms. The summed E-state index contributed by atoms with van der Waals surface area (Å²) in [6, 6.07) is 7.77. The van der Waals surface area contributed by atoms with E-state index >= 15 is 0 Å². The van der Waals surface area contributed by atoms with E-state index in [1.165, 1.54) is 0 Å². The molecule has 0 bridgehead atoms. The first-order valence-electron chi connectivity index (χ1n) is 5.65. The number of alkyl halides is 1. The van der Waals surface area contributed by atoms with Gasteiger partial charge in [0.15, 0.2) is 0 Å². The third-order valence-electron chi connectivity index (χ3n) is 2.17. The van der Waals surface area contributed by atoms with Gasteiger partial charge in [-0.15, -0.1) is 11.6 Å². The van der Waals surface area contributed by atoms with E-state index < -0.39 is 0 Å². The van der Waals surface area contributed by atoms with Crippen molar-refractivity contribution in [2.45, 2.75) is 6.42 Å². The topological polar surface area (TPSA) is 12.5 Å². The Bertz CT molecular complexity index is 375. The summed E-state index contributed by atoms with van der Waals surface area (Å²) in [4.78, 5) is 2.15. The van der Waals surface area contributed by atoms with Crippen molar-refractivity contribution in [1.82, 2.24) is 4.90 Å². The maximum absolute atomic E-state index is 5.61. The summed E-state index contributed by atoms with van der Waals surface area (Å²) in [5.41, 5.74) is 0.964. The van der Waals surface area contributed by atoms with Gasteiger partial charge in [0.1, 0.15) is 5.75 Å². The van der Waals surface area contributed by atoms with Gasteiger partial charge in [0, 0.05) is 12.1 Å². The van der Waals surface area contributed by atoms with E-state index in [0.717, 1.165) is 30.9 Å². The first kappa shape index (κ1) is 13.9. The van der Waals surface area contributed by atoms with Crippen LogP contribution in [-0.4, -0.2) is 38.0 Å². The normalized spacial score (nSPS) is 9.88. The van der Waals surface area contributed by atoms with Crippen molar-refractivity contribution in [1.29, 1.82) is 0 Å². The highest BCUT2D eigenvalue weighted by atomic mass is 35.5. The molecule has 92 valence electrons. The Hall–Kier alpha value is -1.17. The molecule has 0 spiro atoms. The number of halogens is 1. The monoisotopic (exact) mass is 251 g/mol. The van der Waals surface area contributed by atoms with Crippen LogP contribution >= 0.6 is 11.6 Å². The van der Waals surface area contributed by atoms with Crippen LogP contribution in [0.1, 0.15) is 12.0 Å². The number of rotatable bonds is 5. The van der Waals surface area contributed by atoms with Gasteiger partial charge in [-0.25, -0.2) is 0 Å². The summed E-state index contributed by atoms with van der Waals surface area (Å²) in [5.74, 6) is 7.03. The molecule has 17 heavy (non-hydrogen) atoms. The fourth-order valence-electron chi connectivity index (χ4n) is 1.34. The van der Waals surface area contributed by atoms with Crippen LogP contribution < -0.4 is 4.74 Å². The average Bonchev–Trinajstić information content (AvgIpc) is 2.33. The van der Waals surface area contributed by atoms with E-state index in [0.29, 0.717) is 5.88 Å². The molecule has 0 aromatic heterocycles. The van der Waals surface area contributed by atoms with Crippen LogP contribution in [0, 0.1) is 11.8 Å². The largest absolute Gasteiger partial charge is 0.494 e. The highest BCUT2D eigenvalue weighted by Crippen LogP contribution is 2.11. The summed E-state index contributed by atoms with van der Waals surface area (Å²) >= 11 is 5.49. The molecule has 1 rings (SSSR count). The molecule has 0 aliphatic carbocycles. The number of hydrogen-bond donors (Lipinski definition) is 0. The van der Waals surface area contributed by atoms with Gasteiger partial charge in [0.05, 0.1) is 12.5 Å². The SMILES string of the molecule is CN(C)CCCOc1ccc(C#CCCl)cc1. The highest BCUT2D eigenvalue weighted by Gasteiger charge is 1.95. The molecular formula is C14H18ClNO. The summed E-state index contributed by atoms with van der Waals surface area (Å²) in [6.07, 6.45) is 1.03. The minimum Gasteiger partial charge on any atom is -0.494 e. The lowest BCUT2D eigenvalue weighted by Gasteiger charge is -2.10. The van der Waals surface area contributed by atoms with Gasteiger partial charge in [-0.05, 0) is 44.8 Å². The lowest BCUT2D eigenvalue weighted by Crippen LogP contribution is -2.15. The van der Waals surface area contributed by atoms with E-state index in [2.05, 4.69) is 30.8 Å². The van der Waals surface area contributed by atoms with E-state index in [9.17, 15) is 0 Å². The molecule has 0 radical (unpaired) electrons. The van der Waals surface area contributed by atoms with E-state index in [1.54, 1.807) is 0 Å². The molecule has 0 aliphatic rings. The fourth-order valence-corrected chi connectivity index (χ4v) is 1.41. The van der Waals surface area contributed by atoms with Crippen molar-refractivity contribution >= 4 is 11.6 Å². The Morgan fingerprint density at radius 1 is 1.24 bits per heavy atom. The highest BCUT2D eigenvalue weighted by molar-refractivity contribution is 6.19. The molecule has 0 N–H and O–H groups in total. The van der Waals surface area contributed by atoms with Crippen molar-refractivity contribution in [3.8, 4) is 17.6 Å². The van der Waals surface area contributed by atoms with Crippen LogP contribution in [-0.2, 0) is 0 Å². The van der Waals surface area contributed by atoms with Gasteiger partial charge in [0.25, 0.3) is 0 Å². The van der Waals surface area contributed by atoms with Gasteiger partial charge in [-0.2, -0.15) is 0 Å². The molecule has 0 heterocycles. The average molecular weight is 252 g/mol. The van der Waals surface area contributed by atoms with Crippen LogP contribution in [0.3, 0.4) is 0 Å². The lowest BCUT2D eigenvalue weighted by molar-refractivity contribution is 0.281. The summed E-state index contributed by atoms with van der Waals surface area (Å²) in [5, 5.41) is 0. The molecule has 1 aromatic carbocycles. The standard InChI is InChI=1S/C14H18ClNO/c1-16(2)11-4-12-17-14-8-6-13(7-9-14)5-3-10-15/h6-9H,4,10-12H2,1-2H3. The predicted octanol–water partition coefficient (Wildman–Crippen LogP) is 2.61. The van der Waals surface area contributed by atoms with E-state index in [4.69, 9.17) is 16.3 Å². The smallest absolute Gasteiger partial charge is 0.119 e. The summed E-state index contributed by atoms with van der Waals surface area (Å²) < 4.78 is 5.61. The lowest BCUT2D eigenvalue weighted by atomic mass is 10.2. The second kappa shape index (κ2) is 8.00. The predicted molar refractivity (Wildman–Crippen MR) is 72.7 cm³/mol. The molecule has 0 saturated carbocycles. The molecule has 0 aliphatic heterocycles. The summed E-state index contributed by atoms with van der Waals surface area (Å²) in [6.45, 7) is 1.78. The van der Waals surface area contributed by atoms with Crippen molar-refractivity contribution in [3.05, 3.63) is 29.8 Å². The molecule has 0 unspecified atom stereocenters. The number of hydrogen-bond acceptors (Lipinski definition) is 2. The maximum atomic E-state index is 5.61. The number of nitrogens with zero attached hydrogens (tertiary/aromatic N) is 1. The first-order valence-corrected chi connectivity index (χ1v) is 6.18. The Labute approximate surface area is 109 Å². The van der Waals surface area contributed by atoms with Gasteiger partial charge < -0.3 is 9.64 Å². The molecule has 0 saturated heterocycles. The minimum atomic E-state index is 0.364. The Kier molecular flexibility index (Phi) is 6.54. The molecule has 0 fully saturated rings. The molecule has 0 atom stereocenters. The third kappa shape index (κ3) is 6.21. The summed E-state index contributed by atoms with van der Waals surface area (Å²) in [7, 11) is 4.12. The molecule has 0 amide bonds. The fraction of sp³-hybridized carbons (Fsp3) is 0.429.